The van der Waals surface area contributed by atoms with Crippen LogP contribution in [0.1, 0.15) is 21.5 Å². The van der Waals surface area contributed by atoms with Crippen molar-refractivity contribution in [1.82, 2.24) is 19.7 Å². The lowest BCUT2D eigenvalue weighted by Crippen LogP contribution is -2.26. The highest BCUT2D eigenvalue weighted by Crippen LogP contribution is 2.19. The number of nitrogens with zero attached hydrogens (tertiary/aromatic N) is 4. The fourth-order valence-electron chi connectivity index (χ4n) is 3.14. The van der Waals surface area contributed by atoms with Crippen LogP contribution in [0.4, 0.5) is 0 Å². The van der Waals surface area contributed by atoms with Gasteiger partial charge in [-0.2, -0.15) is 5.10 Å². The van der Waals surface area contributed by atoms with E-state index in [0.29, 0.717) is 23.7 Å². The molecule has 140 valence electrons. The summed E-state index contributed by atoms with van der Waals surface area (Å²) in [5.41, 5.74) is 3.34. The average molecular weight is 391 g/mol. The summed E-state index contributed by atoms with van der Waals surface area (Å²) in [7, 11) is 1.76. The lowest BCUT2D eigenvalue weighted by molar-refractivity contribution is 0.0785. The molecular formula is C22H19ClN4O. The summed E-state index contributed by atoms with van der Waals surface area (Å²) in [6.07, 6.45) is 3.35. The van der Waals surface area contributed by atoms with Gasteiger partial charge in [0.25, 0.3) is 5.91 Å². The molecule has 5 nitrogen and oxygen atoms in total. The summed E-state index contributed by atoms with van der Waals surface area (Å²) in [4.78, 5) is 18.9. The largest absolute Gasteiger partial charge is 0.337 e. The standard InChI is InChI=1S/C22H19ClN4O/c1-26(15-17-9-5-6-10-20(17)23)22(28)19-11-18-13-25-27(21(18)24-12-19)14-16-7-3-2-4-8-16/h2-13H,14-15H2,1H3. The molecule has 4 aromatic rings. The van der Waals surface area contributed by atoms with Crippen molar-refractivity contribution in [2.75, 3.05) is 7.05 Å². The van der Waals surface area contributed by atoms with E-state index in [1.165, 1.54) is 0 Å². The first-order valence-corrected chi connectivity index (χ1v) is 9.34. The predicted molar refractivity (Wildman–Crippen MR) is 110 cm³/mol. The highest BCUT2D eigenvalue weighted by atomic mass is 35.5. The number of halogens is 1. The van der Waals surface area contributed by atoms with E-state index in [1.807, 2.05) is 53.2 Å². The fourth-order valence-corrected chi connectivity index (χ4v) is 3.33. The number of carbonyl (C=O) groups is 1. The Kier molecular flexibility index (Phi) is 5.08. The summed E-state index contributed by atoms with van der Waals surface area (Å²) in [6.45, 7) is 1.07. The number of aromatic nitrogens is 3. The minimum absolute atomic E-state index is 0.106. The van der Waals surface area contributed by atoms with Crippen molar-refractivity contribution in [3.05, 3.63) is 94.8 Å². The maximum absolute atomic E-state index is 12.8. The Morgan fingerprint density at radius 2 is 1.82 bits per heavy atom. The van der Waals surface area contributed by atoms with Gasteiger partial charge in [-0.1, -0.05) is 60.1 Å². The molecule has 0 fully saturated rings. The van der Waals surface area contributed by atoms with Gasteiger partial charge in [-0.05, 0) is 23.3 Å². The number of carbonyl (C=O) groups excluding carboxylic acids is 1. The summed E-state index contributed by atoms with van der Waals surface area (Å²) in [5, 5.41) is 5.92. The van der Waals surface area contributed by atoms with Gasteiger partial charge in [0.1, 0.15) is 0 Å². The van der Waals surface area contributed by atoms with Crippen LogP contribution in [0, 0.1) is 0 Å². The molecular weight excluding hydrogens is 372 g/mol. The molecule has 0 aliphatic rings. The van der Waals surface area contributed by atoms with Crippen LogP contribution in [0.2, 0.25) is 5.02 Å². The number of fused-ring (bicyclic) bond motifs is 1. The normalized spacial score (nSPS) is 10.9. The third kappa shape index (κ3) is 3.75. The first kappa shape index (κ1) is 18.2. The van der Waals surface area contributed by atoms with Crippen molar-refractivity contribution in [2.24, 2.45) is 0 Å². The molecule has 0 radical (unpaired) electrons. The molecule has 0 unspecified atom stereocenters. The smallest absolute Gasteiger partial charge is 0.255 e. The average Bonchev–Trinajstić information content (AvgIpc) is 3.12. The van der Waals surface area contributed by atoms with E-state index >= 15 is 0 Å². The third-order valence-corrected chi connectivity index (χ3v) is 4.98. The summed E-state index contributed by atoms with van der Waals surface area (Å²) < 4.78 is 1.84. The lowest BCUT2D eigenvalue weighted by atomic mass is 10.2. The highest BCUT2D eigenvalue weighted by Gasteiger charge is 2.15. The van der Waals surface area contributed by atoms with Crippen LogP contribution in [0.3, 0.4) is 0 Å². The number of hydrogen-bond donors (Lipinski definition) is 0. The summed E-state index contributed by atoms with van der Waals surface area (Å²) >= 11 is 6.21. The molecule has 0 spiro atoms. The highest BCUT2D eigenvalue weighted by molar-refractivity contribution is 6.31. The van der Waals surface area contributed by atoms with E-state index in [-0.39, 0.29) is 5.91 Å². The molecule has 0 saturated heterocycles. The van der Waals surface area contributed by atoms with Crippen molar-refractivity contribution < 1.29 is 4.79 Å². The molecule has 6 heteroatoms. The molecule has 2 aromatic carbocycles. The van der Waals surface area contributed by atoms with Crippen molar-refractivity contribution in [3.8, 4) is 0 Å². The summed E-state index contributed by atoms with van der Waals surface area (Å²) in [6, 6.07) is 19.4. The van der Waals surface area contributed by atoms with Crippen LogP contribution in [-0.2, 0) is 13.1 Å². The Labute approximate surface area is 168 Å². The van der Waals surface area contributed by atoms with Crippen LogP contribution >= 0.6 is 11.6 Å². The molecule has 0 N–H and O–H groups in total. The second-order valence-electron chi connectivity index (χ2n) is 6.68. The van der Waals surface area contributed by atoms with Gasteiger partial charge in [0, 0.05) is 30.2 Å². The van der Waals surface area contributed by atoms with E-state index in [0.717, 1.165) is 22.2 Å². The van der Waals surface area contributed by atoms with Crippen molar-refractivity contribution in [1.29, 1.82) is 0 Å². The first-order valence-electron chi connectivity index (χ1n) is 8.96. The van der Waals surface area contributed by atoms with E-state index in [4.69, 9.17) is 11.6 Å². The van der Waals surface area contributed by atoms with Gasteiger partial charge < -0.3 is 4.90 Å². The van der Waals surface area contributed by atoms with E-state index in [2.05, 4.69) is 22.2 Å². The molecule has 0 bridgehead atoms. The Morgan fingerprint density at radius 3 is 2.61 bits per heavy atom. The molecule has 2 heterocycles. The number of pyridine rings is 1. The fraction of sp³-hybridized carbons (Fsp3) is 0.136. The quantitative estimate of drug-likeness (QED) is 0.507. The predicted octanol–water partition coefficient (Wildman–Crippen LogP) is 4.41. The topological polar surface area (TPSA) is 51.0 Å². The monoisotopic (exact) mass is 390 g/mol. The Morgan fingerprint density at radius 1 is 1.07 bits per heavy atom. The third-order valence-electron chi connectivity index (χ3n) is 4.61. The van der Waals surface area contributed by atoms with Gasteiger partial charge in [-0.25, -0.2) is 9.67 Å². The Balaban J connectivity index is 1.54. The minimum Gasteiger partial charge on any atom is -0.337 e. The second kappa shape index (κ2) is 7.82. The maximum Gasteiger partial charge on any atom is 0.255 e. The number of benzene rings is 2. The van der Waals surface area contributed by atoms with Gasteiger partial charge >= 0.3 is 0 Å². The Hall–Kier alpha value is -3.18. The SMILES string of the molecule is CN(Cc1ccccc1Cl)C(=O)c1cnc2c(cnn2Cc2ccccc2)c1. The summed E-state index contributed by atoms with van der Waals surface area (Å²) in [5.74, 6) is -0.106. The van der Waals surface area contributed by atoms with E-state index < -0.39 is 0 Å². The van der Waals surface area contributed by atoms with Crippen LogP contribution in [0.15, 0.2) is 73.1 Å². The van der Waals surface area contributed by atoms with Crippen molar-refractivity contribution in [3.63, 3.8) is 0 Å². The second-order valence-corrected chi connectivity index (χ2v) is 7.08. The molecule has 0 aliphatic carbocycles. The van der Waals surface area contributed by atoms with Crippen LogP contribution in [-0.4, -0.2) is 32.6 Å². The zero-order valence-electron chi connectivity index (χ0n) is 15.4. The van der Waals surface area contributed by atoms with Gasteiger partial charge in [-0.3, -0.25) is 4.79 Å². The van der Waals surface area contributed by atoms with Crippen LogP contribution in [0.25, 0.3) is 11.0 Å². The zero-order valence-corrected chi connectivity index (χ0v) is 16.2. The molecule has 1 amide bonds. The van der Waals surface area contributed by atoms with Crippen molar-refractivity contribution >= 4 is 28.5 Å². The zero-order chi connectivity index (χ0) is 19.5. The molecule has 0 aliphatic heterocycles. The van der Waals surface area contributed by atoms with E-state index in [9.17, 15) is 4.79 Å². The lowest BCUT2D eigenvalue weighted by Gasteiger charge is -2.18. The molecule has 28 heavy (non-hydrogen) atoms. The number of rotatable bonds is 5. The van der Waals surface area contributed by atoms with Crippen LogP contribution < -0.4 is 0 Å². The molecule has 4 rings (SSSR count). The van der Waals surface area contributed by atoms with Gasteiger partial charge in [0.15, 0.2) is 5.65 Å². The first-order chi connectivity index (χ1) is 13.6. The van der Waals surface area contributed by atoms with Gasteiger partial charge in [0.05, 0.1) is 18.3 Å². The minimum atomic E-state index is -0.106. The Bertz CT molecular complexity index is 1120. The van der Waals surface area contributed by atoms with Crippen molar-refractivity contribution in [2.45, 2.75) is 13.1 Å². The van der Waals surface area contributed by atoms with Crippen LogP contribution in [0.5, 0.6) is 0 Å². The number of amides is 1. The maximum atomic E-state index is 12.8. The van der Waals surface area contributed by atoms with Gasteiger partial charge in [0.2, 0.25) is 0 Å². The molecule has 0 atom stereocenters. The molecule has 2 aromatic heterocycles. The number of hydrogen-bond acceptors (Lipinski definition) is 3. The van der Waals surface area contributed by atoms with Gasteiger partial charge in [-0.15, -0.1) is 0 Å². The molecule has 0 saturated carbocycles. The van der Waals surface area contributed by atoms with E-state index in [1.54, 1.807) is 24.3 Å².